The van der Waals surface area contributed by atoms with Gasteiger partial charge in [0.1, 0.15) is 0 Å². The molecular formula is C11H12ClNO2. The van der Waals surface area contributed by atoms with Crippen LogP contribution in [0.3, 0.4) is 0 Å². The second kappa shape index (κ2) is 4.11. The zero-order valence-corrected chi connectivity index (χ0v) is 9.20. The molecule has 0 heterocycles. The second-order valence-electron chi connectivity index (χ2n) is 3.55. The van der Waals surface area contributed by atoms with Gasteiger partial charge in [-0.1, -0.05) is 17.7 Å². The average molecular weight is 226 g/mol. The summed E-state index contributed by atoms with van der Waals surface area (Å²) in [7, 11) is 1.39. The topological polar surface area (TPSA) is 29.5 Å². The molecule has 0 atom stereocenters. The molecule has 0 N–H and O–H groups in total. The molecule has 4 heteroatoms. The monoisotopic (exact) mass is 225 g/mol. The van der Waals surface area contributed by atoms with E-state index in [1.165, 1.54) is 7.11 Å². The minimum atomic E-state index is -0.320. The van der Waals surface area contributed by atoms with Crippen molar-refractivity contribution in [2.24, 2.45) is 0 Å². The van der Waals surface area contributed by atoms with E-state index >= 15 is 0 Å². The van der Waals surface area contributed by atoms with Crippen molar-refractivity contribution < 1.29 is 9.53 Å². The largest absolute Gasteiger partial charge is 0.452 e. The molecule has 2 rings (SSSR count). The number of benzene rings is 1. The molecule has 1 saturated carbocycles. The van der Waals surface area contributed by atoms with E-state index in [1.54, 1.807) is 17.0 Å². The van der Waals surface area contributed by atoms with Crippen LogP contribution in [0.5, 0.6) is 0 Å². The molecular weight excluding hydrogens is 214 g/mol. The molecule has 1 aromatic rings. The maximum atomic E-state index is 11.6. The molecule has 0 aliphatic heterocycles. The molecule has 1 aromatic carbocycles. The molecule has 80 valence electrons. The summed E-state index contributed by atoms with van der Waals surface area (Å²) < 4.78 is 4.75. The van der Waals surface area contributed by atoms with Gasteiger partial charge >= 0.3 is 6.09 Å². The molecule has 1 amide bonds. The molecule has 1 fully saturated rings. The standard InChI is InChI=1S/C11H12ClNO2/c1-15-11(14)13(9-5-6-9)10-4-2-3-8(12)7-10/h2-4,7,9H,5-6H2,1H3. The van der Waals surface area contributed by atoms with E-state index in [4.69, 9.17) is 16.3 Å². The number of amides is 1. The number of anilines is 1. The summed E-state index contributed by atoms with van der Waals surface area (Å²) in [4.78, 5) is 13.2. The van der Waals surface area contributed by atoms with Gasteiger partial charge in [0.05, 0.1) is 7.11 Å². The van der Waals surface area contributed by atoms with Crippen LogP contribution >= 0.6 is 11.6 Å². The number of methoxy groups -OCH3 is 1. The normalized spacial score (nSPS) is 14.8. The van der Waals surface area contributed by atoms with Gasteiger partial charge in [-0.3, -0.25) is 4.90 Å². The van der Waals surface area contributed by atoms with Gasteiger partial charge in [-0.15, -0.1) is 0 Å². The van der Waals surface area contributed by atoms with Crippen molar-refractivity contribution in [3.8, 4) is 0 Å². The van der Waals surface area contributed by atoms with Crippen LogP contribution in [-0.4, -0.2) is 19.2 Å². The molecule has 0 aromatic heterocycles. The molecule has 1 aliphatic carbocycles. The van der Waals surface area contributed by atoms with Crippen molar-refractivity contribution in [2.45, 2.75) is 18.9 Å². The summed E-state index contributed by atoms with van der Waals surface area (Å²) in [5.74, 6) is 0. The van der Waals surface area contributed by atoms with E-state index in [-0.39, 0.29) is 12.1 Å². The van der Waals surface area contributed by atoms with Crippen LogP contribution < -0.4 is 4.90 Å². The molecule has 0 bridgehead atoms. The Balaban J connectivity index is 2.27. The van der Waals surface area contributed by atoms with Crippen molar-refractivity contribution in [2.75, 3.05) is 12.0 Å². The summed E-state index contributed by atoms with van der Waals surface area (Å²) in [6.07, 6.45) is 1.74. The van der Waals surface area contributed by atoms with Crippen molar-refractivity contribution in [1.29, 1.82) is 0 Å². The summed E-state index contributed by atoms with van der Waals surface area (Å²) in [5.41, 5.74) is 0.803. The molecule has 1 aliphatic rings. The lowest BCUT2D eigenvalue weighted by atomic mass is 10.3. The molecule has 0 radical (unpaired) electrons. The van der Waals surface area contributed by atoms with Crippen LogP contribution in [0.4, 0.5) is 10.5 Å². The van der Waals surface area contributed by atoms with Gasteiger partial charge in [0.2, 0.25) is 0 Å². The Morgan fingerprint density at radius 2 is 2.27 bits per heavy atom. The van der Waals surface area contributed by atoms with E-state index in [0.29, 0.717) is 5.02 Å². The number of rotatable bonds is 2. The molecule has 0 spiro atoms. The zero-order valence-electron chi connectivity index (χ0n) is 8.44. The Morgan fingerprint density at radius 3 is 2.80 bits per heavy atom. The van der Waals surface area contributed by atoms with E-state index < -0.39 is 0 Å². The Morgan fingerprint density at radius 1 is 1.53 bits per heavy atom. The highest BCUT2D eigenvalue weighted by molar-refractivity contribution is 6.30. The predicted molar refractivity (Wildman–Crippen MR) is 59.4 cm³/mol. The maximum absolute atomic E-state index is 11.6. The lowest BCUT2D eigenvalue weighted by Crippen LogP contribution is -2.32. The summed E-state index contributed by atoms with van der Waals surface area (Å²) >= 11 is 5.88. The Kier molecular flexibility index (Phi) is 2.82. The number of hydrogen-bond acceptors (Lipinski definition) is 2. The van der Waals surface area contributed by atoms with Gasteiger partial charge in [0, 0.05) is 16.8 Å². The summed E-state index contributed by atoms with van der Waals surface area (Å²) in [6, 6.07) is 7.53. The Labute approximate surface area is 93.6 Å². The van der Waals surface area contributed by atoms with E-state index in [9.17, 15) is 4.79 Å². The fraction of sp³-hybridized carbons (Fsp3) is 0.364. The van der Waals surface area contributed by atoms with E-state index in [0.717, 1.165) is 18.5 Å². The van der Waals surface area contributed by atoms with Gasteiger partial charge in [-0.25, -0.2) is 4.79 Å². The number of carbonyl (C=O) groups is 1. The first-order valence-electron chi connectivity index (χ1n) is 4.85. The highest BCUT2D eigenvalue weighted by Crippen LogP contribution is 2.33. The van der Waals surface area contributed by atoms with Gasteiger partial charge in [-0.2, -0.15) is 0 Å². The Hall–Kier alpha value is -1.22. The third-order valence-corrected chi connectivity index (χ3v) is 2.60. The van der Waals surface area contributed by atoms with Crippen LogP contribution in [0.15, 0.2) is 24.3 Å². The molecule has 15 heavy (non-hydrogen) atoms. The van der Waals surface area contributed by atoms with Crippen molar-refractivity contribution in [3.63, 3.8) is 0 Å². The van der Waals surface area contributed by atoms with Crippen molar-refractivity contribution >= 4 is 23.4 Å². The van der Waals surface area contributed by atoms with Crippen LogP contribution in [0.2, 0.25) is 5.02 Å². The third-order valence-electron chi connectivity index (χ3n) is 2.37. The van der Waals surface area contributed by atoms with E-state index in [1.807, 2.05) is 12.1 Å². The molecule has 0 saturated heterocycles. The SMILES string of the molecule is COC(=O)N(c1cccc(Cl)c1)C1CC1. The summed E-state index contributed by atoms with van der Waals surface area (Å²) in [6.45, 7) is 0. The first-order chi connectivity index (χ1) is 7.22. The van der Waals surface area contributed by atoms with Crippen molar-refractivity contribution in [3.05, 3.63) is 29.3 Å². The van der Waals surface area contributed by atoms with Gasteiger partial charge in [-0.05, 0) is 31.0 Å². The average Bonchev–Trinajstić information content (AvgIpc) is 3.02. The highest BCUT2D eigenvalue weighted by Gasteiger charge is 2.34. The van der Waals surface area contributed by atoms with Gasteiger partial charge in [0.15, 0.2) is 0 Å². The number of hydrogen-bond donors (Lipinski definition) is 0. The zero-order chi connectivity index (χ0) is 10.8. The fourth-order valence-electron chi connectivity index (χ4n) is 1.52. The lowest BCUT2D eigenvalue weighted by Gasteiger charge is -2.20. The number of nitrogens with zero attached hydrogens (tertiary/aromatic N) is 1. The Bertz CT molecular complexity index is 377. The quantitative estimate of drug-likeness (QED) is 0.774. The number of carbonyl (C=O) groups excluding carboxylic acids is 1. The minimum Gasteiger partial charge on any atom is -0.452 e. The second-order valence-corrected chi connectivity index (χ2v) is 3.99. The molecule has 3 nitrogen and oxygen atoms in total. The minimum absolute atomic E-state index is 0.274. The van der Waals surface area contributed by atoms with E-state index in [2.05, 4.69) is 0 Å². The first kappa shape index (κ1) is 10.3. The van der Waals surface area contributed by atoms with Crippen LogP contribution in [0.1, 0.15) is 12.8 Å². The van der Waals surface area contributed by atoms with Crippen LogP contribution in [-0.2, 0) is 4.74 Å². The highest BCUT2D eigenvalue weighted by atomic mass is 35.5. The third kappa shape index (κ3) is 2.23. The van der Waals surface area contributed by atoms with Gasteiger partial charge in [0.25, 0.3) is 0 Å². The summed E-state index contributed by atoms with van der Waals surface area (Å²) in [5, 5.41) is 0.627. The van der Waals surface area contributed by atoms with Gasteiger partial charge < -0.3 is 4.74 Å². The smallest absolute Gasteiger partial charge is 0.414 e. The van der Waals surface area contributed by atoms with Crippen LogP contribution in [0.25, 0.3) is 0 Å². The number of ether oxygens (including phenoxy) is 1. The number of halogens is 1. The maximum Gasteiger partial charge on any atom is 0.414 e. The lowest BCUT2D eigenvalue weighted by molar-refractivity contribution is 0.178. The molecule has 0 unspecified atom stereocenters. The fourth-order valence-corrected chi connectivity index (χ4v) is 1.71. The van der Waals surface area contributed by atoms with Crippen LogP contribution in [0, 0.1) is 0 Å². The van der Waals surface area contributed by atoms with Crippen molar-refractivity contribution in [1.82, 2.24) is 0 Å². The predicted octanol–water partition coefficient (Wildman–Crippen LogP) is 3.08. The first-order valence-corrected chi connectivity index (χ1v) is 5.23.